The van der Waals surface area contributed by atoms with Gasteiger partial charge in [0.05, 0.1) is 17.6 Å². The number of carbonyl (C=O) groups excluding carboxylic acids is 2. The van der Waals surface area contributed by atoms with Gasteiger partial charge in [0.25, 0.3) is 0 Å². The predicted molar refractivity (Wildman–Crippen MR) is 134 cm³/mol. The van der Waals surface area contributed by atoms with Crippen LogP contribution in [0.25, 0.3) is 0 Å². The highest BCUT2D eigenvalue weighted by molar-refractivity contribution is 5.83. The van der Waals surface area contributed by atoms with E-state index in [4.69, 9.17) is 14.2 Å². The summed E-state index contributed by atoms with van der Waals surface area (Å²) in [6, 6.07) is 12.1. The molecule has 200 valence electrons. The summed E-state index contributed by atoms with van der Waals surface area (Å²) < 4.78 is 17.8. The number of aliphatic hydroxyl groups is 3. The zero-order valence-electron chi connectivity index (χ0n) is 21.3. The summed E-state index contributed by atoms with van der Waals surface area (Å²) in [6.45, 7) is 1.76. The third kappa shape index (κ3) is 3.39. The third-order valence-electron chi connectivity index (χ3n) is 8.74. The van der Waals surface area contributed by atoms with Crippen LogP contribution < -0.4 is 4.74 Å². The number of hydrogen-bond donors (Lipinski definition) is 3. The Kier molecular flexibility index (Phi) is 5.88. The van der Waals surface area contributed by atoms with Crippen molar-refractivity contribution in [1.82, 2.24) is 4.90 Å². The smallest absolute Gasteiger partial charge is 0.357 e. The highest BCUT2D eigenvalue weighted by atomic mass is 16.6. The van der Waals surface area contributed by atoms with Gasteiger partial charge in [-0.3, -0.25) is 0 Å². The topological polar surface area (TPSA) is 126 Å². The van der Waals surface area contributed by atoms with Gasteiger partial charge >= 0.3 is 11.9 Å². The highest BCUT2D eigenvalue weighted by Gasteiger charge is 2.72. The van der Waals surface area contributed by atoms with E-state index >= 15 is 0 Å². The largest absolute Gasteiger partial charge is 0.481 e. The first-order valence-corrected chi connectivity index (χ1v) is 12.9. The molecule has 3 N–H and O–H groups in total. The first-order valence-electron chi connectivity index (χ1n) is 12.9. The molecule has 1 spiro atoms. The first kappa shape index (κ1) is 25.1. The number of hydrogen-bond acceptors (Lipinski definition) is 9. The Hall–Kier alpha value is -3.24. The van der Waals surface area contributed by atoms with Crippen LogP contribution in [-0.4, -0.2) is 69.6 Å². The molecule has 38 heavy (non-hydrogen) atoms. The Labute approximate surface area is 220 Å². The van der Waals surface area contributed by atoms with E-state index in [1.54, 1.807) is 36.4 Å². The van der Waals surface area contributed by atoms with Gasteiger partial charge in [-0.05, 0) is 45.0 Å². The molecule has 2 aliphatic carbocycles. The number of benzene rings is 2. The molecule has 2 aliphatic heterocycles. The average Bonchev–Trinajstić information content (AvgIpc) is 3.27. The van der Waals surface area contributed by atoms with Gasteiger partial charge in [0.1, 0.15) is 17.6 Å². The minimum absolute atomic E-state index is 0.154. The molecule has 6 rings (SSSR count). The van der Waals surface area contributed by atoms with Crippen molar-refractivity contribution in [3.05, 3.63) is 76.6 Å². The van der Waals surface area contributed by atoms with Crippen LogP contribution in [0.1, 0.15) is 48.1 Å². The molecule has 2 unspecified atom stereocenters. The lowest BCUT2D eigenvalue weighted by Crippen LogP contribution is -2.74. The highest BCUT2D eigenvalue weighted by Crippen LogP contribution is 2.64. The molecule has 0 saturated carbocycles. The predicted octanol–water partition coefficient (Wildman–Crippen LogP) is 1.67. The summed E-state index contributed by atoms with van der Waals surface area (Å²) in [7, 11) is 2.01. The van der Waals surface area contributed by atoms with E-state index in [9.17, 15) is 24.9 Å². The van der Waals surface area contributed by atoms with Crippen LogP contribution >= 0.6 is 0 Å². The van der Waals surface area contributed by atoms with Gasteiger partial charge in [-0.1, -0.05) is 42.5 Å². The zero-order chi connectivity index (χ0) is 26.8. The van der Waals surface area contributed by atoms with Crippen molar-refractivity contribution >= 4 is 11.9 Å². The molecule has 9 nitrogen and oxygen atoms in total. The minimum Gasteiger partial charge on any atom is -0.481 e. The Morgan fingerprint density at radius 1 is 1.18 bits per heavy atom. The molecule has 2 bridgehead atoms. The second-order valence-corrected chi connectivity index (χ2v) is 10.7. The van der Waals surface area contributed by atoms with E-state index in [-0.39, 0.29) is 24.8 Å². The van der Waals surface area contributed by atoms with Crippen LogP contribution in [0.2, 0.25) is 0 Å². The first-order chi connectivity index (χ1) is 18.2. The monoisotopic (exact) mass is 521 g/mol. The number of nitrogens with zero attached hydrogens (tertiary/aromatic N) is 1. The fraction of sp³-hybridized carbons (Fsp3) is 0.448. The Bertz CT molecular complexity index is 1320. The maximum absolute atomic E-state index is 13.5. The molecule has 4 aliphatic rings. The lowest BCUT2D eigenvalue weighted by atomic mass is 9.50. The van der Waals surface area contributed by atoms with Gasteiger partial charge in [-0.2, -0.15) is 0 Å². The summed E-state index contributed by atoms with van der Waals surface area (Å²) in [6.07, 6.45) is -0.458. The molecule has 1 fully saturated rings. The van der Waals surface area contributed by atoms with Gasteiger partial charge in [0.15, 0.2) is 6.10 Å². The molecular formula is C29H31NO8. The van der Waals surface area contributed by atoms with Crippen molar-refractivity contribution in [2.45, 2.75) is 68.2 Å². The van der Waals surface area contributed by atoms with E-state index in [2.05, 4.69) is 4.90 Å². The fourth-order valence-electron chi connectivity index (χ4n) is 6.90. The maximum Gasteiger partial charge on any atom is 0.357 e. The van der Waals surface area contributed by atoms with E-state index in [1.165, 1.54) is 6.92 Å². The zero-order valence-corrected chi connectivity index (χ0v) is 21.3. The van der Waals surface area contributed by atoms with Gasteiger partial charge < -0.3 is 34.4 Å². The quantitative estimate of drug-likeness (QED) is 0.487. The SMILES string of the molecule is C[C@H](O)C(=O)O[C@H](C(=O)OC1=CC[C@@]2(O)[C@H]3Cc4ccc(CO)c5c4C2(CCN3C)C1O5)c1ccccc1. The van der Waals surface area contributed by atoms with Gasteiger partial charge in [0, 0.05) is 29.2 Å². The van der Waals surface area contributed by atoms with Gasteiger partial charge in [-0.25, -0.2) is 9.59 Å². The van der Waals surface area contributed by atoms with Crippen LogP contribution in [0.3, 0.4) is 0 Å². The number of rotatable bonds is 6. The molecular weight excluding hydrogens is 490 g/mol. The minimum atomic E-state index is -1.42. The molecule has 2 aromatic carbocycles. The molecule has 0 aromatic heterocycles. The Morgan fingerprint density at radius 2 is 1.95 bits per heavy atom. The van der Waals surface area contributed by atoms with E-state index in [1.807, 2.05) is 19.2 Å². The van der Waals surface area contributed by atoms with E-state index in [0.29, 0.717) is 29.7 Å². The standard InChI is InChI=1S/C29H31NO8/c1-16(32)26(33)38-24(17-6-4-3-5-7-17)27(34)36-20-10-11-29(35)21-14-18-8-9-19(15-31)23-22(18)28(29,25(20)37-23)12-13-30(21)2/h3-10,16,21,24-25,31-32,35H,11-15H2,1-2H3/t16-,21+,24-,25?,28?,29+/m0/s1. The van der Waals surface area contributed by atoms with Crippen molar-refractivity contribution in [2.75, 3.05) is 13.6 Å². The van der Waals surface area contributed by atoms with Gasteiger partial charge in [-0.15, -0.1) is 0 Å². The molecule has 0 amide bonds. The number of ether oxygens (including phenoxy) is 3. The summed E-state index contributed by atoms with van der Waals surface area (Å²) in [4.78, 5) is 28.0. The van der Waals surface area contributed by atoms with Gasteiger partial charge in [0.2, 0.25) is 6.10 Å². The van der Waals surface area contributed by atoms with Crippen LogP contribution in [0.5, 0.6) is 5.75 Å². The number of likely N-dealkylation sites (N-methyl/N-ethyl adjacent to an activating group) is 1. The fourth-order valence-corrected chi connectivity index (χ4v) is 6.90. The van der Waals surface area contributed by atoms with Crippen molar-refractivity contribution in [3.8, 4) is 5.75 Å². The molecule has 9 heteroatoms. The van der Waals surface area contributed by atoms with Crippen molar-refractivity contribution < 1.29 is 39.1 Å². The molecule has 2 aromatic rings. The number of likely N-dealkylation sites (tertiary alicyclic amines) is 1. The number of aliphatic hydroxyl groups excluding tert-OH is 2. The molecule has 0 radical (unpaired) electrons. The third-order valence-corrected chi connectivity index (χ3v) is 8.74. The normalized spacial score (nSPS) is 30.4. The van der Waals surface area contributed by atoms with Crippen LogP contribution in [0, 0.1) is 0 Å². The maximum atomic E-state index is 13.5. The van der Waals surface area contributed by atoms with Crippen molar-refractivity contribution in [1.29, 1.82) is 0 Å². The number of carbonyl (C=O) groups is 2. The summed E-state index contributed by atoms with van der Waals surface area (Å²) in [5, 5.41) is 32.0. The average molecular weight is 522 g/mol. The van der Waals surface area contributed by atoms with Crippen molar-refractivity contribution in [2.24, 2.45) is 0 Å². The van der Waals surface area contributed by atoms with Crippen LogP contribution in [-0.2, 0) is 37.5 Å². The molecule has 2 heterocycles. The Morgan fingerprint density at radius 3 is 2.66 bits per heavy atom. The Balaban J connectivity index is 1.40. The second-order valence-electron chi connectivity index (χ2n) is 10.7. The second kappa shape index (κ2) is 8.91. The van der Waals surface area contributed by atoms with Crippen LogP contribution in [0.4, 0.5) is 0 Å². The summed E-state index contributed by atoms with van der Waals surface area (Å²) in [5.41, 5.74) is 0.941. The molecule has 6 atom stereocenters. The van der Waals surface area contributed by atoms with E-state index in [0.717, 1.165) is 17.7 Å². The number of esters is 2. The van der Waals surface area contributed by atoms with Crippen LogP contribution in [0.15, 0.2) is 54.3 Å². The number of piperidine rings is 1. The summed E-state index contributed by atoms with van der Waals surface area (Å²) in [5.74, 6) is -1.00. The summed E-state index contributed by atoms with van der Waals surface area (Å²) >= 11 is 0. The van der Waals surface area contributed by atoms with Crippen molar-refractivity contribution in [3.63, 3.8) is 0 Å². The van der Waals surface area contributed by atoms with E-state index < -0.39 is 41.3 Å². The molecule has 1 saturated heterocycles. The lowest BCUT2D eigenvalue weighted by Gasteiger charge is -2.61. The lowest BCUT2D eigenvalue weighted by molar-refractivity contribution is -0.178.